The van der Waals surface area contributed by atoms with Gasteiger partial charge in [0.15, 0.2) is 11.5 Å². The Balaban J connectivity index is 1.50. The summed E-state index contributed by atoms with van der Waals surface area (Å²) in [5.41, 5.74) is 2.68. The Morgan fingerprint density at radius 2 is 1.59 bits per heavy atom. The van der Waals surface area contributed by atoms with Crippen molar-refractivity contribution in [2.24, 2.45) is 0 Å². The summed E-state index contributed by atoms with van der Waals surface area (Å²) < 4.78 is 10.5. The largest absolute Gasteiger partial charge is 0.493 e. The van der Waals surface area contributed by atoms with Crippen molar-refractivity contribution in [3.8, 4) is 11.5 Å². The van der Waals surface area contributed by atoms with Crippen molar-refractivity contribution >= 4 is 17.5 Å². The SMILES string of the molecule is COc1ccc(CC(=O)Nc2ccc(CCC(=O)N3CCCC3)cc2)cc1OC. The number of anilines is 1. The first-order valence-corrected chi connectivity index (χ1v) is 9.96. The lowest BCUT2D eigenvalue weighted by Crippen LogP contribution is -2.27. The molecule has 6 nitrogen and oxygen atoms in total. The predicted molar refractivity (Wildman–Crippen MR) is 112 cm³/mol. The van der Waals surface area contributed by atoms with Gasteiger partial charge in [-0.3, -0.25) is 9.59 Å². The van der Waals surface area contributed by atoms with Gasteiger partial charge >= 0.3 is 0 Å². The fourth-order valence-corrected chi connectivity index (χ4v) is 3.51. The maximum atomic E-state index is 12.3. The minimum atomic E-state index is -0.103. The van der Waals surface area contributed by atoms with Gasteiger partial charge in [-0.15, -0.1) is 0 Å². The summed E-state index contributed by atoms with van der Waals surface area (Å²) in [6.45, 7) is 1.79. The van der Waals surface area contributed by atoms with Gasteiger partial charge in [-0.25, -0.2) is 0 Å². The smallest absolute Gasteiger partial charge is 0.228 e. The molecule has 1 aliphatic heterocycles. The first kappa shape index (κ1) is 20.7. The Hall–Kier alpha value is -3.02. The molecule has 0 spiro atoms. The van der Waals surface area contributed by atoms with Crippen molar-refractivity contribution in [1.29, 1.82) is 0 Å². The van der Waals surface area contributed by atoms with Crippen LogP contribution in [0.3, 0.4) is 0 Å². The molecular weight excluding hydrogens is 368 g/mol. The number of likely N-dealkylation sites (tertiary alicyclic amines) is 1. The third kappa shape index (κ3) is 5.73. The van der Waals surface area contributed by atoms with Crippen molar-refractivity contribution in [2.75, 3.05) is 32.6 Å². The molecule has 0 radical (unpaired) electrons. The van der Waals surface area contributed by atoms with Crippen molar-refractivity contribution in [2.45, 2.75) is 32.1 Å². The number of hydrogen-bond acceptors (Lipinski definition) is 4. The van der Waals surface area contributed by atoms with E-state index < -0.39 is 0 Å². The van der Waals surface area contributed by atoms with Crippen molar-refractivity contribution in [1.82, 2.24) is 4.90 Å². The van der Waals surface area contributed by atoms with Gasteiger partial charge in [0.2, 0.25) is 11.8 Å². The molecule has 2 amide bonds. The molecule has 1 heterocycles. The monoisotopic (exact) mass is 396 g/mol. The Kier molecular flexibility index (Phi) is 7.11. The van der Waals surface area contributed by atoms with E-state index in [1.54, 1.807) is 26.4 Å². The van der Waals surface area contributed by atoms with Crippen LogP contribution in [-0.4, -0.2) is 44.0 Å². The van der Waals surface area contributed by atoms with Crippen LogP contribution in [0.15, 0.2) is 42.5 Å². The number of carbonyl (C=O) groups excluding carboxylic acids is 2. The van der Waals surface area contributed by atoms with E-state index in [-0.39, 0.29) is 18.2 Å². The van der Waals surface area contributed by atoms with Gasteiger partial charge in [0.1, 0.15) is 0 Å². The number of carbonyl (C=O) groups is 2. The van der Waals surface area contributed by atoms with E-state index >= 15 is 0 Å². The molecule has 154 valence electrons. The van der Waals surface area contributed by atoms with Crippen molar-refractivity contribution in [3.05, 3.63) is 53.6 Å². The second kappa shape index (κ2) is 9.96. The zero-order valence-electron chi connectivity index (χ0n) is 17.1. The number of amides is 2. The van der Waals surface area contributed by atoms with Crippen LogP contribution in [0.25, 0.3) is 0 Å². The van der Waals surface area contributed by atoms with Gasteiger partial charge in [0.05, 0.1) is 20.6 Å². The van der Waals surface area contributed by atoms with Crippen LogP contribution in [0.4, 0.5) is 5.69 Å². The van der Waals surface area contributed by atoms with Crippen LogP contribution in [0, 0.1) is 0 Å². The van der Waals surface area contributed by atoms with E-state index in [0.29, 0.717) is 17.9 Å². The first-order chi connectivity index (χ1) is 14.1. The fraction of sp³-hybridized carbons (Fsp3) is 0.391. The molecule has 3 rings (SSSR count). The minimum absolute atomic E-state index is 0.103. The van der Waals surface area contributed by atoms with Crippen LogP contribution >= 0.6 is 0 Å². The number of benzene rings is 2. The lowest BCUT2D eigenvalue weighted by atomic mass is 10.1. The highest BCUT2D eigenvalue weighted by Crippen LogP contribution is 2.27. The Morgan fingerprint density at radius 3 is 2.24 bits per heavy atom. The first-order valence-electron chi connectivity index (χ1n) is 9.96. The highest BCUT2D eigenvalue weighted by molar-refractivity contribution is 5.92. The van der Waals surface area contributed by atoms with Crippen LogP contribution in [0.5, 0.6) is 11.5 Å². The van der Waals surface area contributed by atoms with Gasteiger partial charge in [-0.2, -0.15) is 0 Å². The number of nitrogens with zero attached hydrogens (tertiary/aromatic N) is 1. The number of hydrogen-bond donors (Lipinski definition) is 1. The van der Waals surface area contributed by atoms with Crippen molar-refractivity contribution < 1.29 is 19.1 Å². The minimum Gasteiger partial charge on any atom is -0.493 e. The zero-order valence-corrected chi connectivity index (χ0v) is 17.1. The number of aryl methyl sites for hydroxylation is 1. The van der Waals surface area contributed by atoms with Gasteiger partial charge in [0, 0.05) is 25.2 Å². The normalized spacial score (nSPS) is 13.2. The topological polar surface area (TPSA) is 67.9 Å². The highest BCUT2D eigenvalue weighted by Gasteiger charge is 2.17. The average Bonchev–Trinajstić information content (AvgIpc) is 3.28. The quantitative estimate of drug-likeness (QED) is 0.742. The van der Waals surface area contributed by atoms with E-state index in [1.165, 1.54) is 0 Å². The van der Waals surface area contributed by atoms with E-state index in [9.17, 15) is 9.59 Å². The van der Waals surface area contributed by atoms with Crippen molar-refractivity contribution in [3.63, 3.8) is 0 Å². The molecule has 2 aromatic carbocycles. The molecule has 1 N–H and O–H groups in total. The van der Waals surface area contributed by atoms with Gasteiger partial charge in [-0.1, -0.05) is 18.2 Å². The highest BCUT2D eigenvalue weighted by atomic mass is 16.5. The Morgan fingerprint density at radius 1 is 0.931 bits per heavy atom. The van der Waals surface area contributed by atoms with Crippen LogP contribution in [0.2, 0.25) is 0 Å². The van der Waals surface area contributed by atoms with Crippen LogP contribution < -0.4 is 14.8 Å². The Bertz CT molecular complexity index is 842. The van der Waals surface area contributed by atoms with Crippen LogP contribution in [-0.2, 0) is 22.4 Å². The molecule has 29 heavy (non-hydrogen) atoms. The molecule has 1 fully saturated rings. The third-order valence-corrected chi connectivity index (χ3v) is 5.14. The van der Waals surface area contributed by atoms with E-state index in [2.05, 4.69) is 5.32 Å². The molecule has 0 bridgehead atoms. The number of ether oxygens (including phenoxy) is 2. The summed E-state index contributed by atoms with van der Waals surface area (Å²) in [6, 6.07) is 13.1. The molecule has 0 unspecified atom stereocenters. The summed E-state index contributed by atoms with van der Waals surface area (Å²) in [4.78, 5) is 26.4. The van der Waals surface area contributed by atoms with E-state index in [1.807, 2.05) is 35.2 Å². The Labute approximate surface area is 171 Å². The van der Waals surface area contributed by atoms with E-state index in [0.717, 1.165) is 49.2 Å². The summed E-state index contributed by atoms with van der Waals surface area (Å²) in [5, 5.41) is 2.91. The van der Waals surface area contributed by atoms with Gasteiger partial charge in [0.25, 0.3) is 0 Å². The second-order valence-corrected chi connectivity index (χ2v) is 7.20. The molecule has 0 atom stereocenters. The molecule has 1 aliphatic rings. The summed E-state index contributed by atoms with van der Waals surface area (Å²) in [6.07, 6.45) is 3.72. The summed E-state index contributed by atoms with van der Waals surface area (Å²) in [5.74, 6) is 1.37. The number of methoxy groups -OCH3 is 2. The maximum Gasteiger partial charge on any atom is 0.228 e. The van der Waals surface area contributed by atoms with Gasteiger partial charge < -0.3 is 19.7 Å². The lowest BCUT2D eigenvalue weighted by molar-refractivity contribution is -0.130. The average molecular weight is 396 g/mol. The second-order valence-electron chi connectivity index (χ2n) is 7.20. The molecule has 6 heteroatoms. The summed E-state index contributed by atoms with van der Waals surface area (Å²) in [7, 11) is 3.15. The maximum absolute atomic E-state index is 12.3. The summed E-state index contributed by atoms with van der Waals surface area (Å²) >= 11 is 0. The molecule has 0 aromatic heterocycles. The molecule has 0 saturated carbocycles. The predicted octanol–water partition coefficient (Wildman–Crippen LogP) is 3.44. The van der Waals surface area contributed by atoms with E-state index in [4.69, 9.17) is 9.47 Å². The van der Waals surface area contributed by atoms with Gasteiger partial charge in [-0.05, 0) is 54.7 Å². The fourth-order valence-electron chi connectivity index (χ4n) is 3.51. The molecule has 0 aliphatic carbocycles. The molecule has 2 aromatic rings. The van der Waals surface area contributed by atoms with Crippen LogP contribution in [0.1, 0.15) is 30.4 Å². The molecule has 1 saturated heterocycles. The number of rotatable bonds is 8. The standard InChI is InChI=1S/C23H28N2O4/c1-28-20-11-7-18(15-21(20)29-2)16-22(26)24-19-9-5-17(6-10-19)8-12-23(27)25-13-3-4-14-25/h5-7,9-11,15H,3-4,8,12-14,16H2,1-2H3,(H,24,26). The third-order valence-electron chi connectivity index (χ3n) is 5.14. The number of nitrogens with one attached hydrogen (secondary N) is 1. The lowest BCUT2D eigenvalue weighted by Gasteiger charge is -2.15. The zero-order chi connectivity index (χ0) is 20.6. The molecular formula is C23H28N2O4.